The quantitative estimate of drug-likeness (QED) is 0.177. The summed E-state index contributed by atoms with van der Waals surface area (Å²) in [7, 11) is 0. The van der Waals surface area contributed by atoms with Gasteiger partial charge in [0.05, 0.1) is 55.8 Å². The lowest BCUT2D eigenvalue weighted by atomic mass is 9.30. The van der Waals surface area contributed by atoms with E-state index in [1.165, 1.54) is 98.9 Å². The molecule has 0 bridgehead atoms. The third-order valence-electron chi connectivity index (χ3n) is 24.2. The first-order chi connectivity index (χ1) is 52.0. The molecule has 0 saturated carbocycles. The summed E-state index contributed by atoms with van der Waals surface area (Å²) in [5, 5.41) is 11.6. The number of aromatic nitrogens is 3. The van der Waals surface area contributed by atoms with Gasteiger partial charge in [-0.2, -0.15) is 0 Å². The summed E-state index contributed by atoms with van der Waals surface area (Å²) in [6.45, 7) is 23.5. The predicted octanol–water partition coefficient (Wildman–Crippen LogP) is 18.2. The van der Waals surface area contributed by atoms with E-state index in [9.17, 15) is 0 Å². The van der Waals surface area contributed by atoms with Crippen LogP contribution in [-0.4, -0.2) is 33.8 Å². The average Bonchev–Trinajstić information content (AvgIpc) is 1.25. The Kier molecular flexibility index (Phi) is 12.1. The number of fused-ring (bicyclic) bond motifs is 21. The maximum Gasteiger partial charge on any atom is 0.260 e. The van der Waals surface area contributed by atoms with E-state index in [-0.39, 0.29) is 20.1 Å². The molecule has 0 saturated heterocycles. The van der Waals surface area contributed by atoms with Crippen LogP contribution in [0.1, 0.15) is 61.2 Å². The molecule has 0 radical (unpaired) electrons. The van der Waals surface area contributed by atoms with Crippen LogP contribution in [0.4, 0.5) is 28.4 Å². The molecule has 0 aliphatic carbocycles. The Balaban J connectivity index is 0.792. The van der Waals surface area contributed by atoms with Crippen molar-refractivity contribution in [2.24, 2.45) is 0 Å². The topological polar surface area (TPSA) is 67.0 Å². The van der Waals surface area contributed by atoms with Crippen LogP contribution >= 0.6 is 0 Å². The average molecular weight is 1380 g/mol. The molecule has 17 aromatic rings. The Morgan fingerprint density at radius 1 is 0.243 bits per heavy atom. The predicted molar refractivity (Wildman–Crippen MR) is 446 cm³/mol. The van der Waals surface area contributed by atoms with Crippen molar-refractivity contribution in [1.82, 2.24) is 13.7 Å². The third kappa shape index (κ3) is 8.49. The molecule has 9 nitrogen and oxygen atoms in total. The smallest absolute Gasteiger partial charge is 0.260 e. The maximum absolute atomic E-state index is 7.86. The molecular weight excluding hydrogens is 1310 g/mol. The molecule has 508 valence electrons. The minimum atomic E-state index is -0.334. The van der Waals surface area contributed by atoms with Crippen LogP contribution < -0.4 is 78.3 Å². The van der Waals surface area contributed by atoms with Crippen molar-refractivity contribution in [3.8, 4) is 63.1 Å². The lowest BCUT2D eigenvalue weighted by molar-refractivity contribution is 0.456. The summed E-state index contributed by atoms with van der Waals surface area (Å²) in [4.78, 5) is 2.59. The zero-order chi connectivity index (χ0) is 71.7. The Hall–Kier alpha value is -12.5. The number of rotatable bonds is 4. The molecule has 3 aromatic heterocycles. The second-order valence-electron chi connectivity index (χ2n) is 31.7. The fourth-order valence-corrected chi connectivity index (χ4v) is 19.8. The van der Waals surface area contributed by atoms with Gasteiger partial charge in [0, 0.05) is 90.9 Å². The number of nitrogens with one attached hydrogen (secondary N) is 1. The fourth-order valence-electron chi connectivity index (χ4n) is 19.8. The van der Waals surface area contributed by atoms with Crippen molar-refractivity contribution in [3.63, 3.8) is 0 Å². The van der Waals surface area contributed by atoms with Gasteiger partial charge in [0.1, 0.15) is 46.0 Å². The van der Waals surface area contributed by atoms with Crippen molar-refractivity contribution in [2.45, 2.75) is 76.2 Å². The van der Waals surface area contributed by atoms with Crippen LogP contribution in [0.15, 0.2) is 218 Å². The van der Waals surface area contributed by atoms with Crippen molar-refractivity contribution in [2.75, 3.05) is 10.2 Å². The summed E-state index contributed by atoms with van der Waals surface area (Å²) >= 11 is 0. The molecule has 0 atom stereocenters. The standard InChI is InChI=1S/C95H70B3N5O4/c1-48-12-20-76-62(30-48)63-31-49(2)13-21-77(63)100(76)59-38-75-92-88(40-59)104-84-26-18-54(7)36-70(84)96(92)68-44-69-82(46-74(68)99-75)103(95-57(10)28-56(9)29-58(95)11)83-39-60(101-78-22-14-50(3)32-64(78)65-33-51(4)15-23-79(65)101)41-89-93(83)97(69)72-45-73-87(47-86(72)106-89)107-91-43-61(42-90-94(91)98(73)71-37-55(8)19-27-85(71)105-90)102-80-24-16-52(5)34-66(80)67-35-53(6)17-25-81(67)102/h12-47,99H,1-11H3. The maximum atomic E-state index is 7.86. The van der Waals surface area contributed by atoms with Crippen LogP contribution in [0.25, 0.3) is 82.5 Å². The molecule has 1 N–H and O–H groups in total. The van der Waals surface area contributed by atoms with E-state index in [0.29, 0.717) is 0 Å². The van der Waals surface area contributed by atoms with Gasteiger partial charge in [-0.25, -0.2) is 0 Å². The lowest BCUT2D eigenvalue weighted by Crippen LogP contribution is -2.64. The van der Waals surface area contributed by atoms with Gasteiger partial charge in [0.15, 0.2) is 0 Å². The van der Waals surface area contributed by atoms with Crippen LogP contribution in [0.3, 0.4) is 0 Å². The minimum absolute atomic E-state index is 0.196. The second-order valence-corrected chi connectivity index (χ2v) is 31.7. The third-order valence-corrected chi connectivity index (χ3v) is 24.2. The Bertz CT molecular complexity index is 6850. The molecule has 0 unspecified atom stereocenters. The first-order valence-electron chi connectivity index (χ1n) is 37.5. The highest BCUT2D eigenvalue weighted by molar-refractivity contribution is 7.03. The number of anilines is 5. The fraction of sp³-hybridized carbons (Fsp3) is 0.116. The van der Waals surface area contributed by atoms with Crippen molar-refractivity contribution < 1.29 is 18.9 Å². The number of hydrogen-bond donors (Lipinski definition) is 1. The van der Waals surface area contributed by atoms with Crippen molar-refractivity contribution in [3.05, 3.63) is 280 Å². The van der Waals surface area contributed by atoms with Gasteiger partial charge in [-0.1, -0.05) is 135 Å². The molecule has 14 aromatic carbocycles. The molecule has 0 fully saturated rings. The molecule has 107 heavy (non-hydrogen) atoms. The molecule has 23 rings (SSSR count). The van der Waals surface area contributed by atoms with Gasteiger partial charge in [-0.3, -0.25) is 0 Å². The number of nitrogens with zero attached hydrogens (tertiary/aromatic N) is 4. The largest absolute Gasteiger partial charge is 0.458 e. The van der Waals surface area contributed by atoms with E-state index < -0.39 is 0 Å². The van der Waals surface area contributed by atoms with Crippen LogP contribution in [0.5, 0.6) is 46.0 Å². The van der Waals surface area contributed by atoms with E-state index in [1.54, 1.807) is 0 Å². The Morgan fingerprint density at radius 2 is 0.589 bits per heavy atom. The molecule has 9 heterocycles. The van der Waals surface area contributed by atoms with Gasteiger partial charge in [0.2, 0.25) is 0 Å². The Morgan fingerprint density at radius 3 is 1.04 bits per heavy atom. The highest BCUT2D eigenvalue weighted by atomic mass is 16.5. The zero-order valence-electron chi connectivity index (χ0n) is 61.4. The molecule has 6 aliphatic rings. The van der Waals surface area contributed by atoms with Crippen molar-refractivity contribution >= 4 is 163 Å². The number of ether oxygens (including phenoxy) is 4. The molecule has 12 heteroatoms. The van der Waals surface area contributed by atoms with E-state index in [4.69, 9.17) is 18.9 Å². The first kappa shape index (κ1) is 60.8. The van der Waals surface area contributed by atoms with E-state index in [1.807, 2.05) is 0 Å². The van der Waals surface area contributed by atoms with Gasteiger partial charge >= 0.3 is 0 Å². The van der Waals surface area contributed by atoms with Gasteiger partial charge in [-0.15, -0.1) is 0 Å². The van der Waals surface area contributed by atoms with Crippen molar-refractivity contribution in [1.29, 1.82) is 0 Å². The summed E-state index contributed by atoms with van der Waals surface area (Å²) < 4.78 is 37.2. The summed E-state index contributed by atoms with van der Waals surface area (Å²) in [6, 6.07) is 82.8. The number of hydrogen-bond acceptors (Lipinski definition) is 6. The zero-order valence-corrected chi connectivity index (χ0v) is 61.4. The lowest BCUT2D eigenvalue weighted by Gasteiger charge is -2.43. The van der Waals surface area contributed by atoms with E-state index >= 15 is 0 Å². The van der Waals surface area contributed by atoms with Gasteiger partial charge < -0.3 is 42.9 Å². The first-order valence-corrected chi connectivity index (χ1v) is 37.5. The molecule has 0 amide bonds. The van der Waals surface area contributed by atoms with Gasteiger partial charge in [0.25, 0.3) is 20.1 Å². The highest BCUT2D eigenvalue weighted by Crippen LogP contribution is 2.50. The SMILES string of the molecule is Cc1cc(C)c(N2c3cc4c(cc3B3c5cc6c(cc5Oc5cc(-n7c8ccc(C)cc8c8cc(C)ccc87)cc2c53)Oc2cc(-n3c5ccc(C)cc5c5cc(C)ccc53)cc3c2B6c2cc(C)ccc2O3)B2c3cc(C)ccc3Oc3cc(-n5c6ccc(C)cc6c6cc(C)ccc65)cc(c32)N4)c(C)c1. The van der Waals surface area contributed by atoms with E-state index in [2.05, 4.69) is 318 Å². The van der Waals surface area contributed by atoms with Crippen LogP contribution in [0.2, 0.25) is 0 Å². The second kappa shape index (κ2) is 21.4. The molecular formula is C95H70B3N5O4. The van der Waals surface area contributed by atoms with Crippen LogP contribution in [0, 0.1) is 76.2 Å². The van der Waals surface area contributed by atoms with Crippen LogP contribution in [-0.2, 0) is 0 Å². The Labute approximate surface area is 621 Å². The monoisotopic (exact) mass is 1380 g/mol. The normalized spacial score (nSPS) is 13.7. The van der Waals surface area contributed by atoms with E-state index in [0.717, 1.165) is 168 Å². The minimum Gasteiger partial charge on any atom is -0.458 e. The molecule has 0 spiro atoms. The van der Waals surface area contributed by atoms with Gasteiger partial charge in [-0.05, 0) is 234 Å². The number of aryl methyl sites for hydroxylation is 11. The summed E-state index contributed by atoms with van der Waals surface area (Å²) in [5.74, 6) is 6.38. The molecule has 6 aliphatic heterocycles. The summed E-state index contributed by atoms with van der Waals surface area (Å²) in [5.41, 5.74) is 38.4. The highest BCUT2D eigenvalue weighted by Gasteiger charge is 2.49. The number of benzene rings is 14. The summed E-state index contributed by atoms with van der Waals surface area (Å²) in [6.07, 6.45) is 0.